The van der Waals surface area contributed by atoms with Crippen molar-refractivity contribution in [3.05, 3.63) is 42.8 Å². The third kappa shape index (κ3) is 5.17. The molecule has 0 fully saturated rings. The zero-order valence-corrected chi connectivity index (χ0v) is 11.1. The number of anilines is 1. The first-order chi connectivity index (χ1) is 8.77. The van der Waals surface area contributed by atoms with E-state index in [4.69, 9.17) is 0 Å². The first-order valence-corrected chi connectivity index (χ1v) is 6.62. The van der Waals surface area contributed by atoms with E-state index in [9.17, 15) is 4.79 Å². The van der Waals surface area contributed by atoms with Gasteiger partial charge >= 0.3 is 0 Å². The smallest absolute Gasteiger partial charge is 0.224 e. The number of amides is 1. The molecule has 2 heteroatoms. The monoisotopic (exact) mass is 244 g/mol. The number of benzene rings is 1. The number of para-hydroxylation sites is 1. The highest BCUT2D eigenvalue weighted by molar-refractivity contribution is 5.92. The predicted octanol–water partition coefficient (Wildman–Crippen LogP) is 4.44. The number of allylic oxidation sites excluding steroid dienone is 1. The van der Waals surface area contributed by atoms with Gasteiger partial charge in [-0.2, -0.15) is 0 Å². The first kappa shape index (κ1) is 14.5. The molecule has 0 atom stereocenters. The number of hydrogen-bond donors (Lipinski definition) is 1. The maximum atomic E-state index is 11.6. The Morgan fingerprint density at radius 1 is 1.39 bits per heavy atom. The van der Waals surface area contributed by atoms with Gasteiger partial charge in [0, 0.05) is 12.1 Å². The Bertz CT molecular complexity index is 396. The zero-order chi connectivity index (χ0) is 13.2. The van der Waals surface area contributed by atoms with E-state index in [0.29, 0.717) is 6.42 Å². The highest BCUT2D eigenvalue weighted by Crippen LogP contribution is 2.17. The van der Waals surface area contributed by atoms with Crippen LogP contribution in [0.3, 0.4) is 0 Å². The summed E-state index contributed by atoms with van der Waals surface area (Å²) in [5, 5.41) is 2.95. The summed E-state index contributed by atoms with van der Waals surface area (Å²) in [6.07, 6.45) is 8.72. The molecule has 1 aromatic rings. The molecule has 0 aromatic heterocycles. The zero-order valence-electron chi connectivity index (χ0n) is 11.1. The van der Waals surface area contributed by atoms with Gasteiger partial charge in [0.05, 0.1) is 0 Å². The number of rotatable bonds is 7. The molecule has 1 amide bonds. The van der Waals surface area contributed by atoms with Crippen molar-refractivity contribution in [1.29, 1.82) is 0 Å². The van der Waals surface area contributed by atoms with Gasteiger partial charge in [-0.3, -0.25) is 4.79 Å². The standard InChI is InChI=1S/C16H22NO/c1-3-5-6-7-11-14-12-8-9-13-15(14)17-16(18)10-4-2/h7-9,11-13H,1,3-6,10H2,2H3,(H,17,18)/b11-7+. The molecule has 0 spiro atoms. The lowest BCUT2D eigenvalue weighted by atomic mass is 10.1. The van der Waals surface area contributed by atoms with Crippen molar-refractivity contribution in [1.82, 2.24) is 0 Å². The summed E-state index contributed by atoms with van der Waals surface area (Å²) in [4.78, 5) is 11.6. The van der Waals surface area contributed by atoms with Gasteiger partial charge in [-0.15, -0.1) is 0 Å². The minimum absolute atomic E-state index is 0.0797. The quantitative estimate of drug-likeness (QED) is 0.706. The largest absolute Gasteiger partial charge is 0.326 e. The number of carbonyl (C=O) groups excluding carboxylic acids is 1. The molecular weight excluding hydrogens is 222 g/mol. The molecule has 0 bridgehead atoms. The van der Waals surface area contributed by atoms with Gasteiger partial charge in [-0.05, 0) is 30.9 Å². The molecule has 1 rings (SSSR count). The molecule has 0 saturated heterocycles. The van der Waals surface area contributed by atoms with E-state index in [1.54, 1.807) is 0 Å². The van der Waals surface area contributed by atoms with Crippen LogP contribution in [0.1, 0.15) is 44.6 Å². The Kier molecular flexibility index (Phi) is 6.85. The van der Waals surface area contributed by atoms with E-state index in [1.165, 1.54) is 0 Å². The maximum Gasteiger partial charge on any atom is 0.224 e. The van der Waals surface area contributed by atoms with Crippen molar-refractivity contribution in [2.75, 3.05) is 5.32 Å². The minimum Gasteiger partial charge on any atom is -0.326 e. The molecule has 1 radical (unpaired) electrons. The fraction of sp³-hybridized carbons (Fsp3) is 0.375. The van der Waals surface area contributed by atoms with Gasteiger partial charge in [0.25, 0.3) is 0 Å². The molecule has 1 aromatic carbocycles. The first-order valence-electron chi connectivity index (χ1n) is 6.62. The van der Waals surface area contributed by atoms with Crippen molar-refractivity contribution >= 4 is 17.7 Å². The summed E-state index contributed by atoms with van der Waals surface area (Å²) in [6, 6.07) is 7.88. The lowest BCUT2D eigenvalue weighted by Crippen LogP contribution is -2.11. The van der Waals surface area contributed by atoms with Crippen molar-refractivity contribution in [3.63, 3.8) is 0 Å². The van der Waals surface area contributed by atoms with Crippen LogP contribution in [0.15, 0.2) is 30.3 Å². The Morgan fingerprint density at radius 2 is 2.17 bits per heavy atom. The molecule has 0 heterocycles. The third-order valence-corrected chi connectivity index (χ3v) is 2.63. The van der Waals surface area contributed by atoms with E-state index in [2.05, 4.69) is 24.4 Å². The molecular formula is C16H22NO. The second kappa shape index (κ2) is 8.51. The van der Waals surface area contributed by atoms with Crippen LogP contribution < -0.4 is 5.32 Å². The van der Waals surface area contributed by atoms with E-state index >= 15 is 0 Å². The molecule has 0 aliphatic heterocycles. The van der Waals surface area contributed by atoms with E-state index in [0.717, 1.165) is 36.9 Å². The summed E-state index contributed by atoms with van der Waals surface area (Å²) in [5.41, 5.74) is 1.95. The molecule has 1 N–H and O–H groups in total. The number of nitrogens with one attached hydrogen (secondary N) is 1. The second-order valence-corrected chi connectivity index (χ2v) is 4.28. The number of carbonyl (C=O) groups is 1. The van der Waals surface area contributed by atoms with Crippen LogP contribution in [0.25, 0.3) is 6.08 Å². The average molecular weight is 244 g/mol. The molecule has 97 valence electrons. The fourth-order valence-corrected chi connectivity index (χ4v) is 1.67. The Hall–Kier alpha value is -1.57. The lowest BCUT2D eigenvalue weighted by molar-refractivity contribution is -0.116. The molecule has 2 nitrogen and oxygen atoms in total. The Balaban J connectivity index is 2.67. The third-order valence-electron chi connectivity index (χ3n) is 2.63. The van der Waals surface area contributed by atoms with Crippen LogP contribution in [0, 0.1) is 6.92 Å². The van der Waals surface area contributed by atoms with Crippen molar-refractivity contribution in [2.24, 2.45) is 0 Å². The van der Waals surface area contributed by atoms with Gasteiger partial charge in [-0.1, -0.05) is 50.6 Å². The van der Waals surface area contributed by atoms with Crippen LogP contribution >= 0.6 is 0 Å². The molecule has 18 heavy (non-hydrogen) atoms. The van der Waals surface area contributed by atoms with Gasteiger partial charge in [0.15, 0.2) is 0 Å². The normalized spacial score (nSPS) is 10.8. The minimum atomic E-state index is 0.0797. The predicted molar refractivity (Wildman–Crippen MR) is 78.2 cm³/mol. The summed E-state index contributed by atoms with van der Waals surface area (Å²) in [5.74, 6) is 0.0797. The highest BCUT2D eigenvalue weighted by Gasteiger charge is 2.03. The van der Waals surface area contributed by atoms with Crippen LogP contribution in [-0.2, 0) is 4.79 Å². The molecule has 0 unspecified atom stereocenters. The fourth-order valence-electron chi connectivity index (χ4n) is 1.67. The van der Waals surface area contributed by atoms with E-state index < -0.39 is 0 Å². The Labute approximate surface area is 110 Å². The maximum absolute atomic E-state index is 11.6. The number of hydrogen-bond acceptors (Lipinski definition) is 1. The highest BCUT2D eigenvalue weighted by atomic mass is 16.1. The van der Waals surface area contributed by atoms with Gasteiger partial charge in [0.2, 0.25) is 5.91 Å². The van der Waals surface area contributed by atoms with Crippen molar-refractivity contribution in [3.8, 4) is 0 Å². The van der Waals surface area contributed by atoms with E-state index in [-0.39, 0.29) is 5.91 Å². The van der Waals surface area contributed by atoms with E-state index in [1.807, 2.05) is 31.2 Å². The average Bonchev–Trinajstić information content (AvgIpc) is 2.37. The summed E-state index contributed by atoms with van der Waals surface area (Å²) < 4.78 is 0. The summed E-state index contributed by atoms with van der Waals surface area (Å²) >= 11 is 0. The van der Waals surface area contributed by atoms with Gasteiger partial charge in [-0.25, -0.2) is 0 Å². The van der Waals surface area contributed by atoms with Crippen LogP contribution in [0.2, 0.25) is 0 Å². The Morgan fingerprint density at radius 3 is 2.89 bits per heavy atom. The summed E-state index contributed by atoms with van der Waals surface area (Å²) in [6.45, 7) is 5.82. The molecule has 0 saturated carbocycles. The molecule has 0 aliphatic rings. The van der Waals surface area contributed by atoms with Gasteiger partial charge < -0.3 is 5.32 Å². The lowest BCUT2D eigenvalue weighted by Gasteiger charge is -2.07. The topological polar surface area (TPSA) is 29.1 Å². The van der Waals surface area contributed by atoms with Crippen LogP contribution in [0.5, 0.6) is 0 Å². The van der Waals surface area contributed by atoms with Gasteiger partial charge in [0.1, 0.15) is 0 Å². The van der Waals surface area contributed by atoms with Crippen molar-refractivity contribution < 1.29 is 4.79 Å². The summed E-state index contributed by atoms with van der Waals surface area (Å²) in [7, 11) is 0. The SMILES string of the molecule is [CH2]CCC/C=C/c1ccccc1NC(=O)CCC. The second-order valence-electron chi connectivity index (χ2n) is 4.28. The van der Waals surface area contributed by atoms with Crippen molar-refractivity contribution in [2.45, 2.75) is 39.0 Å². The van der Waals surface area contributed by atoms with Crippen LogP contribution in [-0.4, -0.2) is 5.91 Å². The van der Waals surface area contributed by atoms with Crippen LogP contribution in [0.4, 0.5) is 5.69 Å². The number of unbranched alkanes of at least 4 members (excludes halogenated alkanes) is 2. The molecule has 0 aliphatic carbocycles.